The molecule has 1 aromatic carbocycles. The third kappa shape index (κ3) is 4.47. The highest BCUT2D eigenvalue weighted by molar-refractivity contribution is 9.10. The summed E-state index contributed by atoms with van der Waals surface area (Å²) < 4.78 is 6.59. The van der Waals surface area contributed by atoms with Crippen LogP contribution in [0.1, 0.15) is 25.3 Å². The quantitative estimate of drug-likeness (QED) is 0.859. The van der Waals surface area contributed by atoms with Crippen molar-refractivity contribution in [2.45, 2.75) is 26.3 Å². The van der Waals surface area contributed by atoms with E-state index in [-0.39, 0.29) is 0 Å². The first-order valence-electron chi connectivity index (χ1n) is 7.48. The molecule has 1 N–H and O–H groups in total. The van der Waals surface area contributed by atoms with Crippen LogP contribution in [-0.2, 0) is 6.54 Å². The lowest BCUT2D eigenvalue weighted by atomic mass is 9.97. The number of halogens is 1. The number of methoxy groups -OCH3 is 1. The third-order valence-corrected chi connectivity index (χ3v) is 4.42. The molecular weight excluding hydrogens is 316 g/mol. The van der Waals surface area contributed by atoms with Gasteiger partial charge < -0.3 is 10.1 Å². The van der Waals surface area contributed by atoms with Gasteiger partial charge in [-0.2, -0.15) is 0 Å². The van der Waals surface area contributed by atoms with E-state index in [1.807, 2.05) is 12.1 Å². The predicted octanol–water partition coefficient (Wildman–Crippen LogP) is 3.28. The van der Waals surface area contributed by atoms with E-state index in [9.17, 15) is 0 Å². The number of likely N-dealkylation sites (tertiary alicyclic amines) is 1. The van der Waals surface area contributed by atoms with Crippen LogP contribution in [0.5, 0.6) is 5.75 Å². The van der Waals surface area contributed by atoms with Gasteiger partial charge in [0.2, 0.25) is 0 Å². The Morgan fingerprint density at radius 3 is 3.05 bits per heavy atom. The van der Waals surface area contributed by atoms with Gasteiger partial charge in [-0.3, -0.25) is 4.90 Å². The maximum Gasteiger partial charge on any atom is 0.123 e. The van der Waals surface area contributed by atoms with Gasteiger partial charge in [0.05, 0.1) is 7.11 Å². The van der Waals surface area contributed by atoms with Gasteiger partial charge in [0.15, 0.2) is 0 Å². The van der Waals surface area contributed by atoms with Crippen molar-refractivity contribution in [3.63, 3.8) is 0 Å². The zero-order valence-corrected chi connectivity index (χ0v) is 14.1. The lowest BCUT2D eigenvalue weighted by molar-refractivity contribution is 0.164. The van der Waals surface area contributed by atoms with Crippen LogP contribution >= 0.6 is 15.9 Å². The number of nitrogens with zero attached hydrogens (tertiary/aromatic N) is 1. The molecule has 1 unspecified atom stereocenters. The highest BCUT2D eigenvalue weighted by Crippen LogP contribution is 2.26. The molecule has 1 aliphatic heterocycles. The van der Waals surface area contributed by atoms with Crippen molar-refractivity contribution >= 4 is 15.9 Å². The Kier molecular flexibility index (Phi) is 6.33. The van der Waals surface area contributed by atoms with Crippen LogP contribution in [0.3, 0.4) is 0 Å². The molecule has 20 heavy (non-hydrogen) atoms. The van der Waals surface area contributed by atoms with E-state index in [1.165, 1.54) is 31.5 Å². The Morgan fingerprint density at radius 1 is 1.45 bits per heavy atom. The standard InChI is InChI=1S/C16H25BrN2O/c1-3-18-10-13-5-4-8-19(11-13)12-14-9-15(17)6-7-16(14)20-2/h6-7,9,13,18H,3-5,8,10-12H2,1-2H3. The first kappa shape index (κ1) is 15.8. The molecule has 1 atom stereocenters. The van der Waals surface area contributed by atoms with Crippen molar-refractivity contribution in [1.82, 2.24) is 10.2 Å². The molecule has 1 aliphatic rings. The lowest BCUT2D eigenvalue weighted by Gasteiger charge is -2.33. The van der Waals surface area contributed by atoms with Crippen LogP contribution < -0.4 is 10.1 Å². The Morgan fingerprint density at radius 2 is 2.30 bits per heavy atom. The fourth-order valence-electron chi connectivity index (χ4n) is 2.92. The number of hydrogen-bond acceptors (Lipinski definition) is 3. The summed E-state index contributed by atoms with van der Waals surface area (Å²) in [5.74, 6) is 1.77. The van der Waals surface area contributed by atoms with Crippen molar-refractivity contribution in [2.75, 3.05) is 33.3 Å². The van der Waals surface area contributed by atoms with Crippen LogP contribution in [-0.4, -0.2) is 38.2 Å². The number of nitrogens with one attached hydrogen (secondary N) is 1. The summed E-state index contributed by atoms with van der Waals surface area (Å²) in [4.78, 5) is 2.55. The van der Waals surface area contributed by atoms with Crippen LogP contribution in [0.25, 0.3) is 0 Å². The third-order valence-electron chi connectivity index (χ3n) is 3.92. The van der Waals surface area contributed by atoms with Crippen LogP contribution in [0.2, 0.25) is 0 Å². The second-order valence-electron chi connectivity index (χ2n) is 5.51. The van der Waals surface area contributed by atoms with E-state index < -0.39 is 0 Å². The van der Waals surface area contributed by atoms with Crippen LogP contribution in [0.4, 0.5) is 0 Å². The Balaban J connectivity index is 1.97. The van der Waals surface area contributed by atoms with E-state index in [0.717, 1.165) is 35.8 Å². The summed E-state index contributed by atoms with van der Waals surface area (Å²) >= 11 is 3.55. The highest BCUT2D eigenvalue weighted by Gasteiger charge is 2.20. The molecule has 1 heterocycles. The predicted molar refractivity (Wildman–Crippen MR) is 87.2 cm³/mol. The zero-order valence-electron chi connectivity index (χ0n) is 12.5. The number of benzene rings is 1. The summed E-state index contributed by atoms with van der Waals surface area (Å²) in [6, 6.07) is 6.25. The van der Waals surface area contributed by atoms with Gasteiger partial charge in [0, 0.05) is 23.1 Å². The van der Waals surface area contributed by atoms with E-state index >= 15 is 0 Å². The highest BCUT2D eigenvalue weighted by atomic mass is 79.9. The van der Waals surface area contributed by atoms with E-state index in [0.29, 0.717) is 0 Å². The van der Waals surface area contributed by atoms with Crippen molar-refractivity contribution in [2.24, 2.45) is 5.92 Å². The summed E-state index contributed by atoms with van der Waals surface area (Å²) in [7, 11) is 1.75. The summed E-state index contributed by atoms with van der Waals surface area (Å²) in [6.07, 6.45) is 2.64. The largest absolute Gasteiger partial charge is 0.496 e. The molecule has 1 fully saturated rings. The average Bonchev–Trinajstić information content (AvgIpc) is 2.46. The normalized spacial score (nSPS) is 20.1. The summed E-state index contributed by atoms with van der Waals surface area (Å²) in [6.45, 7) is 7.73. The van der Waals surface area contributed by atoms with Gasteiger partial charge in [-0.05, 0) is 56.6 Å². The molecular formula is C16H25BrN2O. The number of ether oxygens (including phenoxy) is 1. The second-order valence-corrected chi connectivity index (χ2v) is 6.42. The Hall–Kier alpha value is -0.580. The number of rotatable bonds is 6. The van der Waals surface area contributed by atoms with Crippen molar-refractivity contribution < 1.29 is 4.74 Å². The fourth-order valence-corrected chi connectivity index (χ4v) is 3.33. The second kappa shape index (κ2) is 8.01. The Labute approximate surface area is 130 Å². The van der Waals surface area contributed by atoms with Crippen LogP contribution in [0, 0.1) is 5.92 Å². The number of piperidine rings is 1. The fraction of sp³-hybridized carbons (Fsp3) is 0.625. The van der Waals surface area contributed by atoms with Crippen LogP contribution in [0.15, 0.2) is 22.7 Å². The van der Waals surface area contributed by atoms with Crippen molar-refractivity contribution in [3.8, 4) is 5.75 Å². The minimum absolute atomic E-state index is 0.779. The maximum absolute atomic E-state index is 5.47. The zero-order chi connectivity index (χ0) is 14.4. The first-order valence-corrected chi connectivity index (χ1v) is 8.27. The molecule has 3 nitrogen and oxygen atoms in total. The number of hydrogen-bond donors (Lipinski definition) is 1. The molecule has 0 bridgehead atoms. The van der Waals surface area contributed by atoms with Gasteiger partial charge in [0.1, 0.15) is 5.75 Å². The molecule has 0 aliphatic carbocycles. The lowest BCUT2D eigenvalue weighted by Crippen LogP contribution is -2.39. The van der Waals surface area contributed by atoms with E-state index in [2.05, 4.69) is 39.1 Å². The molecule has 0 saturated carbocycles. The molecule has 0 spiro atoms. The van der Waals surface area contributed by atoms with E-state index in [4.69, 9.17) is 4.74 Å². The SMILES string of the molecule is CCNCC1CCCN(Cc2cc(Br)ccc2OC)C1. The summed E-state index contributed by atoms with van der Waals surface area (Å²) in [5, 5.41) is 3.48. The van der Waals surface area contributed by atoms with Gasteiger partial charge in [-0.25, -0.2) is 0 Å². The molecule has 0 amide bonds. The minimum atomic E-state index is 0.779. The molecule has 112 valence electrons. The van der Waals surface area contributed by atoms with Gasteiger partial charge in [-0.1, -0.05) is 22.9 Å². The molecule has 4 heteroatoms. The molecule has 1 aromatic rings. The summed E-state index contributed by atoms with van der Waals surface area (Å²) in [5.41, 5.74) is 1.27. The molecule has 2 rings (SSSR count). The molecule has 0 radical (unpaired) electrons. The van der Waals surface area contributed by atoms with E-state index in [1.54, 1.807) is 7.11 Å². The monoisotopic (exact) mass is 340 g/mol. The van der Waals surface area contributed by atoms with Crippen molar-refractivity contribution in [1.29, 1.82) is 0 Å². The topological polar surface area (TPSA) is 24.5 Å². The Bertz CT molecular complexity index is 425. The maximum atomic E-state index is 5.47. The molecule has 0 aromatic heterocycles. The smallest absolute Gasteiger partial charge is 0.123 e. The van der Waals surface area contributed by atoms with Crippen molar-refractivity contribution in [3.05, 3.63) is 28.2 Å². The minimum Gasteiger partial charge on any atom is -0.496 e. The molecule has 1 saturated heterocycles. The van der Waals surface area contributed by atoms with Gasteiger partial charge >= 0.3 is 0 Å². The van der Waals surface area contributed by atoms with Gasteiger partial charge in [0.25, 0.3) is 0 Å². The first-order chi connectivity index (χ1) is 9.72. The average molecular weight is 341 g/mol. The van der Waals surface area contributed by atoms with Gasteiger partial charge in [-0.15, -0.1) is 0 Å².